The second kappa shape index (κ2) is 8.11. The van der Waals surface area contributed by atoms with E-state index in [4.69, 9.17) is 9.47 Å². The van der Waals surface area contributed by atoms with Gasteiger partial charge in [-0.3, -0.25) is 4.79 Å². The molecule has 132 valence electrons. The predicted octanol–water partition coefficient (Wildman–Crippen LogP) is 4.09. The fraction of sp³-hybridized carbons (Fsp3) is 0.222. The number of hydrogen-bond donors (Lipinski definition) is 1. The van der Waals surface area contributed by atoms with Crippen molar-refractivity contribution < 1.29 is 23.5 Å². The molecule has 1 atom stereocenters. The standard InChI is InChI=1S/C18H17BrFNO4/c1-10-4-7-16(24-3)15(8-10)21-17(22)11(2)25-18(23)13-6-5-12(19)9-14(13)20/h4-9,11H,1-3H3,(H,21,22)/t11-/m0/s1. The summed E-state index contributed by atoms with van der Waals surface area (Å²) in [6.45, 7) is 3.28. The van der Waals surface area contributed by atoms with Crippen molar-refractivity contribution in [3.05, 3.63) is 57.8 Å². The van der Waals surface area contributed by atoms with Crippen LogP contribution in [-0.2, 0) is 9.53 Å². The molecule has 25 heavy (non-hydrogen) atoms. The molecular formula is C18H17BrFNO4. The number of ether oxygens (including phenoxy) is 2. The van der Waals surface area contributed by atoms with Crippen molar-refractivity contribution >= 4 is 33.5 Å². The van der Waals surface area contributed by atoms with E-state index in [-0.39, 0.29) is 5.56 Å². The van der Waals surface area contributed by atoms with E-state index in [9.17, 15) is 14.0 Å². The van der Waals surface area contributed by atoms with E-state index in [0.717, 1.165) is 11.6 Å². The molecule has 0 fully saturated rings. The first-order valence-electron chi connectivity index (χ1n) is 7.43. The van der Waals surface area contributed by atoms with Gasteiger partial charge in [-0.25, -0.2) is 9.18 Å². The lowest BCUT2D eigenvalue weighted by Gasteiger charge is -2.16. The molecule has 5 nitrogen and oxygen atoms in total. The molecule has 0 radical (unpaired) electrons. The van der Waals surface area contributed by atoms with Crippen LogP contribution in [-0.4, -0.2) is 25.1 Å². The molecule has 0 saturated carbocycles. The molecule has 1 N–H and O–H groups in total. The van der Waals surface area contributed by atoms with Crippen molar-refractivity contribution in [2.75, 3.05) is 12.4 Å². The number of carbonyl (C=O) groups is 2. The van der Waals surface area contributed by atoms with Crippen LogP contribution in [0.4, 0.5) is 10.1 Å². The third kappa shape index (κ3) is 4.79. The lowest BCUT2D eigenvalue weighted by molar-refractivity contribution is -0.123. The van der Waals surface area contributed by atoms with Crippen LogP contribution in [0.3, 0.4) is 0 Å². The Hall–Kier alpha value is -2.41. The summed E-state index contributed by atoms with van der Waals surface area (Å²) in [5, 5.41) is 2.64. The average molecular weight is 410 g/mol. The van der Waals surface area contributed by atoms with Gasteiger partial charge < -0.3 is 14.8 Å². The lowest BCUT2D eigenvalue weighted by atomic mass is 10.2. The first-order chi connectivity index (χ1) is 11.8. The SMILES string of the molecule is COc1ccc(C)cc1NC(=O)[C@H](C)OC(=O)c1ccc(Br)cc1F. The van der Waals surface area contributed by atoms with Gasteiger partial charge in [-0.05, 0) is 49.7 Å². The van der Waals surface area contributed by atoms with Gasteiger partial charge in [-0.1, -0.05) is 22.0 Å². The van der Waals surface area contributed by atoms with Gasteiger partial charge in [0.25, 0.3) is 5.91 Å². The maximum absolute atomic E-state index is 13.8. The number of methoxy groups -OCH3 is 1. The van der Waals surface area contributed by atoms with Gasteiger partial charge in [-0.2, -0.15) is 0 Å². The summed E-state index contributed by atoms with van der Waals surface area (Å²) in [5.41, 5.74) is 1.15. The van der Waals surface area contributed by atoms with Gasteiger partial charge in [0.1, 0.15) is 11.6 Å². The highest BCUT2D eigenvalue weighted by Gasteiger charge is 2.22. The lowest BCUT2D eigenvalue weighted by Crippen LogP contribution is -2.30. The number of esters is 1. The van der Waals surface area contributed by atoms with E-state index in [1.165, 1.54) is 26.2 Å². The third-order valence-electron chi connectivity index (χ3n) is 3.42. The van der Waals surface area contributed by atoms with Crippen molar-refractivity contribution in [1.82, 2.24) is 0 Å². The Labute approximate surface area is 153 Å². The van der Waals surface area contributed by atoms with Crippen molar-refractivity contribution in [3.8, 4) is 5.75 Å². The summed E-state index contributed by atoms with van der Waals surface area (Å²) < 4.78 is 24.5. The summed E-state index contributed by atoms with van der Waals surface area (Å²) in [6, 6.07) is 9.25. The number of amides is 1. The summed E-state index contributed by atoms with van der Waals surface area (Å²) >= 11 is 3.11. The minimum atomic E-state index is -1.11. The molecule has 0 bridgehead atoms. The zero-order chi connectivity index (χ0) is 18.6. The van der Waals surface area contributed by atoms with E-state index in [0.29, 0.717) is 15.9 Å². The van der Waals surface area contributed by atoms with Gasteiger partial charge in [0.2, 0.25) is 0 Å². The van der Waals surface area contributed by atoms with E-state index >= 15 is 0 Å². The minimum Gasteiger partial charge on any atom is -0.495 e. The Balaban J connectivity index is 2.07. The Morgan fingerprint density at radius 3 is 2.56 bits per heavy atom. The van der Waals surface area contributed by atoms with Crippen LogP contribution in [0.1, 0.15) is 22.8 Å². The average Bonchev–Trinajstić information content (AvgIpc) is 2.54. The van der Waals surface area contributed by atoms with Crippen molar-refractivity contribution in [1.29, 1.82) is 0 Å². The number of anilines is 1. The van der Waals surface area contributed by atoms with Crippen LogP contribution < -0.4 is 10.1 Å². The molecule has 0 aromatic heterocycles. The number of halogens is 2. The molecule has 0 saturated heterocycles. The zero-order valence-corrected chi connectivity index (χ0v) is 15.5. The molecule has 1 amide bonds. The highest BCUT2D eigenvalue weighted by Crippen LogP contribution is 2.25. The maximum atomic E-state index is 13.8. The highest BCUT2D eigenvalue weighted by atomic mass is 79.9. The summed E-state index contributed by atoms with van der Waals surface area (Å²) in [6.07, 6.45) is -1.11. The Morgan fingerprint density at radius 2 is 1.92 bits per heavy atom. The van der Waals surface area contributed by atoms with Crippen LogP contribution in [0.15, 0.2) is 40.9 Å². The molecule has 7 heteroatoms. The largest absolute Gasteiger partial charge is 0.495 e. The Bertz CT molecular complexity index is 810. The number of hydrogen-bond acceptors (Lipinski definition) is 4. The first-order valence-corrected chi connectivity index (χ1v) is 8.22. The quantitative estimate of drug-likeness (QED) is 0.755. The second-order valence-corrected chi connectivity index (χ2v) is 6.28. The van der Waals surface area contributed by atoms with Gasteiger partial charge in [0, 0.05) is 4.47 Å². The molecule has 2 rings (SSSR count). The topological polar surface area (TPSA) is 64.6 Å². The fourth-order valence-corrected chi connectivity index (χ4v) is 2.42. The van der Waals surface area contributed by atoms with Crippen LogP contribution in [0.2, 0.25) is 0 Å². The summed E-state index contributed by atoms with van der Waals surface area (Å²) in [5.74, 6) is -1.71. The molecule has 0 aliphatic heterocycles. The number of rotatable bonds is 5. The zero-order valence-electron chi connectivity index (χ0n) is 13.9. The van der Waals surface area contributed by atoms with Crippen molar-refractivity contribution in [2.45, 2.75) is 20.0 Å². The normalized spacial score (nSPS) is 11.6. The van der Waals surface area contributed by atoms with Gasteiger partial charge >= 0.3 is 5.97 Å². The molecule has 0 aliphatic rings. The van der Waals surface area contributed by atoms with Gasteiger partial charge in [0.15, 0.2) is 6.10 Å². The number of aryl methyl sites for hydroxylation is 1. The molecule has 0 spiro atoms. The van der Waals surface area contributed by atoms with Crippen LogP contribution in [0.25, 0.3) is 0 Å². The maximum Gasteiger partial charge on any atom is 0.341 e. The van der Waals surface area contributed by atoms with E-state index in [1.807, 2.05) is 13.0 Å². The van der Waals surface area contributed by atoms with Crippen LogP contribution in [0.5, 0.6) is 5.75 Å². The van der Waals surface area contributed by atoms with Crippen molar-refractivity contribution in [3.63, 3.8) is 0 Å². The smallest absolute Gasteiger partial charge is 0.341 e. The molecule has 0 unspecified atom stereocenters. The fourth-order valence-electron chi connectivity index (χ4n) is 2.09. The Kier molecular flexibility index (Phi) is 6.14. The molecule has 2 aromatic carbocycles. The van der Waals surface area contributed by atoms with E-state index in [1.54, 1.807) is 12.1 Å². The monoisotopic (exact) mass is 409 g/mol. The van der Waals surface area contributed by atoms with E-state index in [2.05, 4.69) is 21.2 Å². The third-order valence-corrected chi connectivity index (χ3v) is 3.91. The summed E-state index contributed by atoms with van der Waals surface area (Å²) in [7, 11) is 1.49. The number of carbonyl (C=O) groups excluding carboxylic acids is 2. The second-order valence-electron chi connectivity index (χ2n) is 5.36. The van der Waals surface area contributed by atoms with E-state index < -0.39 is 23.8 Å². The number of nitrogens with one attached hydrogen (secondary N) is 1. The van der Waals surface area contributed by atoms with Gasteiger partial charge in [-0.15, -0.1) is 0 Å². The van der Waals surface area contributed by atoms with Crippen LogP contribution >= 0.6 is 15.9 Å². The molecular weight excluding hydrogens is 393 g/mol. The first kappa shape index (κ1) is 18.9. The molecule has 0 aliphatic carbocycles. The number of benzene rings is 2. The molecule has 2 aromatic rings. The highest BCUT2D eigenvalue weighted by molar-refractivity contribution is 9.10. The van der Waals surface area contributed by atoms with Gasteiger partial charge in [0.05, 0.1) is 18.4 Å². The summed E-state index contributed by atoms with van der Waals surface area (Å²) in [4.78, 5) is 24.3. The predicted molar refractivity (Wildman–Crippen MR) is 95.3 cm³/mol. The van der Waals surface area contributed by atoms with Crippen LogP contribution in [0, 0.1) is 12.7 Å². The van der Waals surface area contributed by atoms with Crippen molar-refractivity contribution in [2.24, 2.45) is 0 Å². The Morgan fingerprint density at radius 1 is 1.20 bits per heavy atom. The molecule has 0 heterocycles. The minimum absolute atomic E-state index is 0.240.